The Morgan fingerprint density at radius 1 is 1.55 bits per heavy atom. The Bertz CT molecular complexity index is 708. The lowest BCUT2D eigenvalue weighted by Gasteiger charge is -2.01. The number of hydrogen-bond acceptors (Lipinski definition) is 9. The monoisotopic (exact) mass is 319 g/mol. The molecule has 0 spiro atoms. The van der Waals surface area contributed by atoms with Crippen LogP contribution in [-0.2, 0) is 16.4 Å². The minimum absolute atomic E-state index is 0.0239. The lowest BCUT2D eigenvalue weighted by molar-refractivity contribution is -0.383. The molecule has 10 nitrogen and oxygen atoms in total. The van der Waals surface area contributed by atoms with Crippen LogP contribution in [0.25, 0.3) is 0 Å². The van der Waals surface area contributed by atoms with Gasteiger partial charge in [0.15, 0.2) is 11.3 Å². The van der Waals surface area contributed by atoms with Gasteiger partial charge in [-0.3, -0.25) is 10.1 Å². The normalized spacial score (nSPS) is 11.6. The largest absolute Gasteiger partial charge is 0.385 e. The van der Waals surface area contributed by atoms with Gasteiger partial charge >= 0.3 is 5.69 Å². The van der Waals surface area contributed by atoms with E-state index in [1.54, 1.807) is 0 Å². The fourth-order valence-corrected chi connectivity index (χ4v) is 3.61. The molecule has 0 fully saturated rings. The number of nitro groups is 1. The smallest absolute Gasteiger partial charge is 0.304 e. The number of sulfonamides is 1. The number of nitrogens with two attached hydrogens (primary N) is 1. The summed E-state index contributed by atoms with van der Waals surface area (Å²) < 4.78 is 30.6. The average Bonchev–Trinajstić information content (AvgIpc) is 2.98. The number of rotatable bonds is 6. The molecule has 0 atom stereocenters. The van der Waals surface area contributed by atoms with E-state index in [9.17, 15) is 18.5 Å². The van der Waals surface area contributed by atoms with Crippen molar-refractivity contribution < 1.29 is 17.9 Å². The average molecular weight is 319 g/mol. The number of nitrogens with one attached hydrogen (secondary N) is 1. The van der Waals surface area contributed by atoms with Crippen molar-refractivity contribution >= 4 is 32.0 Å². The standard InChI is InChI=1S/C8H9N5O5S2/c9-8-5(13(14)15)3-7(19-8)20(16,17)12-2-1-6-10-4-11-18-6/h3-4,12H,1-2,9H2. The van der Waals surface area contributed by atoms with Gasteiger partial charge in [0.1, 0.15) is 4.21 Å². The molecule has 2 heterocycles. The van der Waals surface area contributed by atoms with E-state index in [0.29, 0.717) is 11.3 Å². The van der Waals surface area contributed by atoms with Crippen molar-refractivity contribution in [2.24, 2.45) is 0 Å². The highest BCUT2D eigenvalue weighted by molar-refractivity contribution is 7.91. The Labute approximate surface area is 116 Å². The number of nitrogens with zero attached hydrogens (tertiary/aromatic N) is 3. The lowest BCUT2D eigenvalue weighted by Crippen LogP contribution is -2.25. The van der Waals surface area contributed by atoms with Gasteiger partial charge in [-0.25, -0.2) is 13.1 Å². The summed E-state index contributed by atoms with van der Waals surface area (Å²) in [6.07, 6.45) is 1.41. The Kier molecular flexibility index (Phi) is 3.96. The van der Waals surface area contributed by atoms with Gasteiger partial charge in [-0.2, -0.15) is 4.98 Å². The van der Waals surface area contributed by atoms with E-state index in [1.165, 1.54) is 6.33 Å². The minimum Gasteiger partial charge on any atom is -0.385 e. The van der Waals surface area contributed by atoms with Crippen LogP contribution in [0.4, 0.5) is 10.7 Å². The maximum absolute atomic E-state index is 11.9. The van der Waals surface area contributed by atoms with Crippen molar-refractivity contribution in [2.45, 2.75) is 10.6 Å². The first kappa shape index (κ1) is 14.4. The van der Waals surface area contributed by atoms with Crippen LogP contribution in [0, 0.1) is 10.1 Å². The predicted octanol–water partition coefficient (Wildman–Crippen LogP) is 0.142. The molecular formula is C8H9N5O5S2. The maximum Gasteiger partial charge on any atom is 0.304 e. The third-order valence-corrected chi connectivity index (χ3v) is 5.11. The highest BCUT2D eigenvalue weighted by Gasteiger charge is 2.24. The molecule has 2 rings (SSSR count). The first-order valence-electron chi connectivity index (χ1n) is 5.19. The van der Waals surface area contributed by atoms with Gasteiger partial charge in [-0.1, -0.05) is 16.5 Å². The summed E-state index contributed by atoms with van der Waals surface area (Å²) in [6, 6.07) is 0.926. The molecule has 0 bridgehead atoms. The molecule has 20 heavy (non-hydrogen) atoms. The van der Waals surface area contributed by atoms with Crippen molar-refractivity contribution in [3.63, 3.8) is 0 Å². The number of thiophene rings is 1. The molecule has 2 aromatic heterocycles. The van der Waals surface area contributed by atoms with Gasteiger partial charge in [0.25, 0.3) is 0 Å². The summed E-state index contributed by atoms with van der Waals surface area (Å²) in [6.45, 7) is 0.0239. The Morgan fingerprint density at radius 3 is 2.85 bits per heavy atom. The first-order valence-corrected chi connectivity index (χ1v) is 7.49. The van der Waals surface area contributed by atoms with E-state index in [4.69, 9.17) is 10.3 Å². The van der Waals surface area contributed by atoms with Gasteiger partial charge in [0.2, 0.25) is 15.9 Å². The molecule has 0 saturated heterocycles. The van der Waals surface area contributed by atoms with Gasteiger partial charge in [-0.15, -0.1) is 0 Å². The zero-order chi connectivity index (χ0) is 14.8. The Balaban J connectivity index is 2.06. The van der Waals surface area contributed by atoms with E-state index in [-0.39, 0.29) is 28.1 Å². The van der Waals surface area contributed by atoms with Gasteiger partial charge in [0, 0.05) is 19.0 Å². The third-order valence-electron chi connectivity index (χ3n) is 2.22. The molecule has 0 aliphatic carbocycles. The van der Waals surface area contributed by atoms with E-state index in [2.05, 4.69) is 14.9 Å². The molecule has 0 saturated carbocycles. The number of nitrogen functional groups attached to an aromatic ring is 1. The summed E-state index contributed by atoms with van der Waals surface area (Å²) >= 11 is 0.632. The van der Waals surface area contributed by atoms with Crippen LogP contribution in [0.5, 0.6) is 0 Å². The second-order valence-electron chi connectivity index (χ2n) is 3.55. The van der Waals surface area contributed by atoms with Crippen molar-refractivity contribution in [2.75, 3.05) is 12.3 Å². The molecule has 0 unspecified atom stereocenters. The van der Waals surface area contributed by atoms with Crippen molar-refractivity contribution in [1.29, 1.82) is 0 Å². The number of hydrogen-bond donors (Lipinski definition) is 2. The van der Waals surface area contributed by atoms with Crippen LogP contribution in [-0.4, -0.2) is 30.0 Å². The van der Waals surface area contributed by atoms with Crippen LogP contribution >= 0.6 is 11.3 Å². The highest BCUT2D eigenvalue weighted by Crippen LogP contribution is 2.34. The summed E-state index contributed by atoms with van der Waals surface area (Å²) in [5.41, 5.74) is 4.97. The SMILES string of the molecule is Nc1sc(S(=O)(=O)NCCc2ncno2)cc1[N+](=O)[O-]. The highest BCUT2D eigenvalue weighted by atomic mass is 32.2. The van der Waals surface area contributed by atoms with E-state index in [1.807, 2.05) is 0 Å². The molecule has 12 heteroatoms. The van der Waals surface area contributed by atoms with E-state index < -0.39 is 20.6 Å². The summed E-state index contributed by atoms with van der Waals surface area (Å²) in [5, 5.41) is 13.8. The Morgan fingerprint density at radius 2 is 2.30 bits per heavy atom. The Hall–Kier alpha value is -2.05. The zero-order valence-corrected chi connectivity index (χ0v) is 11.5. The topological polar surface area (TPSA) is 154 Å². The summed E-state index contributed by atoms with van der Waals surface area (Å²) in [5.74, 6) is 0.282. The van der Waals surface area contributed by atoms with Crippen LogP contribution in [0.3, 0.4) is 0 Å². The second kappa shape index (κ2) is 5.52. The predicted molar refractivity (Wildman–Crippen MR) is 68.6 cm³/mol. The molecule has 0 radical (unpaired) electrons. The molecule has 0 amide bonds. The fraction of sp³-hybridized carbons (Fsp3) is 0.250. The molecular weight excluding hydrogens is 310 g/mol. The molecule has 108 valence electrons. The molecule has 0 aliphatic rings. The fourth-order valence-electron chi connectivity index (χ4n) is 1.32. The third kappa shape index (κ3) is 3.09. The summed E-state index contributed by atoms with van der Waals surface area (Å²) in [4.78, 5) is 13.6. The summed E-state index contributed by atoms with van der Waals surface area (Å²) in [7, 11) is -3.85. The van der Waals surface area contributed by atoms with Crippen LogP contribution in [0.15, 0.2) is 21.1 Å². The van der Waals surface area contributed by atoms with Crippen LogP contribution < -0.4 is 10.5 Å². The second-order valence-corrected chi connectivity index (χ2v) is 6.63. The lowest BCUT2D eigenvalue weighted by atomic mass is 10.4. The molecule has 3 N–H and O–H groups in total. The minimum atomic E-state index is -3.85. The van der Waals surface area contributed by atoms with Gasteiger partial charge in [0.05, 0.1) is 4.92 Å². The van der Waals surface area contributed by atoms with Gasteiger partial charge < -0.3 is 10.3 Å². The quantitative estimate of drug-likeness (QED) is 0.563. The van der Waals surface area contributed by atoms with E-state index in [0.717, 1.165) is 6.07 Å². The van der Waals surface area contributed by atoms with Crippen molar-refractivity contribution in [3.8, 4) is 0 Å². The van der Waals surface area contributed by atoms with Crippen molar-refractivity contribution in [3.05, 3.63) is 28.4 Å². The molecule has 0 aliphatic heterocycles. The number of anilines is 1. The van der Waals surface area contributed by atoms with E-state index >= 15 is 0 Å². The number of aromatic nitrogens is 2. The maximum atomic E-state index is 11.9. The van der Waals surface area contributed by atoms with Gasteiger partial charge in [-0.05, 0) is 0 Å². The molecule has 2 aromatic rings. The molecule has 0 aromatic carbocycles. The zero-order valence-electron chi connectivity index (χ0n) is 9.85. The van der Waals surface area contributed by atoms with Crippen LogP contribution in [0.2, 0.25) is 0 Å². The first-order chi connectivity index (χ1) is 9.40. The van der Waals surface area contributed by atoms with Crippen molar-refractivity contribution in [1.82, 2.24) is 14.9 Å². The van der Waals surface area contributed by atoms with Crippen LogP contribution in [0.1, 0.15) is 5.89 Å².